The highest BCUT2D eigenvalue weighted by Crippen LogP contribution is 2.29. The quantitative estimate of drug-likeness (QED) is 0.873. The van der Waals surface area contributed by atoms with Gasteiger partial charge in [-0.25, -0.2) is 0 Å². The molecule has 20 heavy (non-hydrogen) atoms. The molecule has 1 fully saturated rings. The Morgan fingerprint density at radius 3 is 2.80 bits per heavy atom. The predicted octanol–water partition coefficient (Wildman–Crippen LogP) is 2.56. The maximum atomic E-state index is 12.3. The van der Waals surface area contributed by atoms with Crippen molar-refractivity contribution in [2.24, 2.45) is 0 Å². The summed E-state index contributed by atoms with van der Waals surface area (Å²) in [6.07, 6.45) is 1.13. The normalized spacial score (nSPS) is 22.2. The van der Waals surface area contributed by atoms with Crippen LogP contribution in [0.25, 0.3) is 0 Å². The lowest BCUT2D eigenvalue weighted by Gasteiger charge is -2.17. The van der Waals surface area contributed by atoms with E-state index in [4.69, 9.17) is 9.47 Å². The molecule has 1 aromatic rings. The van der Waals surface area contributed by atoms with Gasteiger partial charge in [0.2, 0.25) is 0 Å². The van der Waals surface area contributed by atoms with E-state index in [0.29, 0.717) is 12.3 Å². The number of benzene rings is 1. The van der Waals surface area contributed by atoms with Gasteiger partial charge >= 0.3 is 6.61 Å². The summed E-state index contributed by atoms with van der Waals surface area (Å²) < 4.78 is 39.6. The number of nitrogens with one attached hydrogen (secondary N) is 1. The number of alkyl halides is 2. The fourth-order valence-electron chi connectivity index (χ4n) is 2.27. The fourth-order valence-corrected chi connectivity index (χ4v) is 2.27. The third-order valence-electron chi connectivity index (χ3n) is 3.39. The molecule has 0 amide bonds. The fraction of sp³-hybridized carbons (Fsp3) is 0.571. The summed E-state index contributed by atoms with van der Waals surface area (Å²) in [6, 6.07) is 5.31. The summed E-state index contributed by atoms with van der Waals surface area (Å²) in [4.78, 5) is 0. The molecule has 0 radical (unpaired) electrons. The zero-order valence-electron chi connectivity index (χ0n) is 11.6. The topological polar surface area (TPSA) is 39.7 Å². The van der Waals surface area contributed by atoms with Crippen LogP contribution in [0.4, 0.5) is 8.78 Å². The van der Waals surface area contributed by atoms with E-state index in [2.05, 4.69) is 10.1 Å². The first kappa shape index (κ1) is 15.0. The van der Waals surface area contributed by atoms with Gasteiger partial charge in [0, 0.05) is 19.2 Å². The number of methoxy groups -OCH3 is 1. The molecule has 2 atom stereocenters. The molecule has 1 heterocycles. The van der Waals surface area contributed by atoms with Crippen LogP contribution in [0, 0.1) is 0 Å². The van der Waals surface area contributed by atoms with Crippen LogP contribution in [-0.2, 0) is 11.3 Å². The van der Waals surface area contributed by atoms with Crippen molar-refractivity contribution in [3.8, 4) is 11.5 Å². The molecule has 4 nitrogen and oxygen atoms in total. The van der Waals surface area contributed by atoms with Crippen LogP contribution in [0.2, 0.25) is 0 Å². The molecule has 6 heteroatoms. The number of hydrogen-bond acceptors (Lipinski definition) is 4. The number of rotatable bonds is 6. The molecule has 1 aromatic carbocycles. The SMILES string of the molecule is COc1ccc(CNC2CCOC2C)cc1OC(F)F. The Morgan fingerprint density at radius 2 is 2.20 bits per heavy atom. The van der Waals surface area contributed by atoms with Gasteiger partial charge in [0.05, 0.1) is 13.2 Å². The number of hydrogen-bond donors (Lipinski definition) is 1. The lowest BCUT2D eigenvalue weighted by molar-refractivity contribution is -0.0512. The van der Waals surface area contributed by atoms with Gasteiger partial charge in [-0.2, -0.15) is 8.78 Å². The second kappa shape index (κ2) is 6.85. The molecule has 1 aliphatic rings. The molecule has 0 spiro atoms. The van der Waals surface area contributed by atoms with E-state index in [1.54, 1.807) is 12.1 Å². The molecule has 0 aromatic heterocycles. The first-order valence-corrected chi connectivity index (χ1v) is 6.57. The molecule has 112 valence electrons. The number of halogens is 2. The molecule has 0 bridgehead atoms. The Balaban J connectivity index is 2.00. The Morgan fingerprint density at radius 1 is 1.40 bits per heavy atom. The third kappa shape index (κ3) is 3.80. The average molecular weight is 287 g/mol. The van der Waals surface area contributed by atoms with Crippen molar-refractivity contribution < 1.29 is 23.0 Å². The summed E-state index contributed by atoms with van der Waals surface area (Å²) in [5.41, 5.74) is 0.862. The van der Waals surface area contributed by atoms with Gasteiger partial charge in [-0.15, -0.1) is 0 Å². The van der Waals surface area contributed by atoms with E-state index in [0.717, 1.165) is 18.6 Å². The largest absolute Gasteiger partial charge is 0.493 e. The molecule has 1 N–H and O–H groups in total. The summed E-state index contributed by atoms with van der Waals surface area (Å²) in [5, 5.41) is 3.36. The Labute approximate surface area is 117 Å². The number of ether oxygens (including phenoxy) is 3. The average Bonchev–Trinajstić information content (AvgIpc) is 2.81. The Kier molecular flexibility index (Phi) is 5.14. The van der Waals surface area contributed by atoms with Crippen LogP contribution in [0.5, 0.6) is 11.5 Å². The highest BCUT2D eigenvalue weighted by atomic mass is 19.3. The minimum absolute atomic E-state index is 0.0533. The van der Waals surface area contributed by atoms with Gasteiger partial charge in [-0.1, -0.05) is 6.07 Å². The van der Waals surface area contributed by atoms with E-state index in [1.807, 2.05) is 13.0 Å². The second-order valence-corrected chi connectivity index (χ2v) is 4.72. The van der Waals surface area contributed by atoms with E-state index < -0.39 is 6.61 Å². The van der Waals surface area contributed by atoms with E-state index in [1.165, 1.54) is 7.11 Å². The van der Waals surface area contributed by atoms with Gasteiger partial charge in [-0.05, 0) is 31.0 Å². The second-order valence-electron chi connectivity index (χ2n) is 4.72. The van der Waals surface area contributed by atoms with Crippen molar-refractivity contribution in [3.63, 3.8) is 0 Å². The summed E-state index contributed by atoms with van der Waals surface area (Å²) >= 11 is 0. The van der Waals surface area contributed by atoms with E-state index >= 15 is 0 Å². The lowest BCUT2D eigenvalue weighted by Crippen LogP contribution is -2.34. The summed E-state index contributed by atoms with van der Waals surface area (Å²) in [7, 11) is 1.42. The first-order valence-electron chi connectivity index (χ1n) is 6.57. The van der Waals surface area contributed by atoms with Crippen LogP contribution in [0.1, 0.15) is 18.9 Å². The molecule has 1 saturated heterocycles. The third-order valence-corrected chi connectivity index (χ3v) is 3.39. The highest BCUT2D eigenvalue weighted by molar-refractivity contribution is 5.43. The van der Waals surface area contributed by atoms with Crippen molar-refractivity contribution in [1.29, 1.82) is 0 Å². The van der Waals surface area contributed by atoms with Gasteiger partial charge in [0.25, 0.3) is 0 Å². The van der Waals surface area contributed by atoms with Crippen molar-refractivity contribution >= 4 is 0 Å². The first-order chi connectivity index (χ1) is 9.60. The Hall–Kier alpha value is -1.40. The summed E-state index contributed by atoms with van der Waals surface area (Å²) in [6.45, 7) is 0.475. The van der Waals surface area contributed by atoms with Gasteiger partial charge in [0.1, 0.15) is 0 Å². The van der Waals surface area contributed by atoms with Crippen LogP contribution >= 0.6 is 0 Å². The van der Waals surface area contributed by atoms with E-state index in [9.17, 15) is 8.78 Å². The van der Waals surface area contributed by atoms with Crippen molar-refractivity contribution in [2.75, 3.05) is 13.7 Å². The summed E-state index contributed by atoms with van der Waals surface area (Å²) in [5.74, 6) is 0.351. The van der Waals surface area contributed by atoms with Crippen molar-refractivity contribution in [1.82, 2.24) is 5.32 Å². The monoisotopic (exact) mass is 287 g/mol. The van der Waals surface area contributed by atoms with Crippen molar-refractivity contribution in [3.05, 3.63) is 23.8 Å². The maximum Gasteiger partial charge on any atom is 0.387 e. The minimum atomic E-state index is -2.87. The van der Waals surface area contributed by atoms with Crippen LogP contribution in [0.15, 0.2) is 18.2 Å². The van der Waals surface area contributed by atoms with Gasteiger partial charge in [0.15, 0.2) is 11.5 Å². The zero-order chi connectivity index (χ0) is 14.5. The molecular formula is C14H19F2NO3. The van der Waals surface area contributed by atoms with Crippen LogP contribution in [-0.4, -0.2) is 32.5 Å². The molecule has 0 saturated carbocycles. The van der Waals surface area contributed by atoms with Gasteiger partial charge in [-0.3, -0.25) is 0 Å². The van der Waals surface area contributed by atoms with Gasteiger partial charge < -0.3 is 19.5 Å². The molecular weight excluding hydrogens is 268 g/mol. The molecule has 0 aliphatic carbocycles. The lowest BCUT2D eigenvalue weighted by atomic mass is 10.1. The molecule has 2 unspecified atom stereocenters. The van der Waals surface area contributed by atoms with Crippen LogP contribution < -0.4 is 14.8 Å². The Bertz CT molecular complexity index is 442. The molecule has 1 aliphatic heterocycles. The molecule has 2 rings (SSSR count). The van der Waals surface area contributed by atoms with E-state index in [-0.39, 0.29) is 17.9 Å². The predicted molar refractivity (Wildman–Crippen MR) is 70.3 cm³/mol. The smallest absolute Gasteiger partial charge is 0.387 e. The van der Waals surface area contributed by atoms with Crippen LogP contribution in [0.3, 0.4) is 0 Å². The maximum absolute atomic E-state index is 12.3. The van der Waals surface area contributed by atoms with Crippen molar-refractivity contribution in [2.45, 2.75) is 38.6 Å². The standard InChI is InChI=1S/C14H19F2NO3/c1-9-11(5-6-19-9)17-8-10-3-4-12(18-2)13(7-10)20-14(15)16/h3-4,7,9,11,14,17H,5-6,8H2,1-2H3. The zero-order valence-corrected chi connectivity index (χ0v) is 11.6. The minimum Gasteiger partial charge on any atom is -0.493 e. The highest BCUT2D eigenvalue weighted by Gasteiger charge is 2.23.